The second-order valence-electron chi connectivity index (χ2n) is 4.54. The topological polar surface area (TPSA) is 90.3 Å². The van der Waals surface area contributed by atoms with E-state index in [2.05, 4.69) is 10.1 Å². The zero-order chi connectivity index (χ0) is 12.8. The molecule has 96 valence electrons. The number of nitrogen functional groups attached to an aromatic ring is 1. The van der Waals surface area contributed by atoms with Crippen LogP contribution in [-0.2, 0) is 9.84 Å². The van der Waals surface area contributed by atoms with Crippen LogP contribution in [0.5, 0.6) is 0 Å². The van der Waals surface area contributed by atoms with Crippen LogP contribution in [0.2, 0.25) is 0 Å². The Morgan fingerprint density at radius 3 is 2.89 bits per heavy atom. The largest absolute Gasteiger partial charge is 0.384 e. The maximum Gasteiger partial charge on any atom is 0.169 e. The lowest BCUT2D eigenvalue weighted by atomic mass is 10.2. The minimum Gasteiger partial charge on any atom is -0.384 e. The summed E-state index contributed by atoms with van der Waals surface area (Å²) in [5.41, 5.74) is 6.37. The summed E-state index contributed by atoms with van der Waals surface area (Å²) in [6.45, 7) is 0. The van der Waals surface area contributed by atoms with Gasteiger partial charge in [0, 0.05) is 0 Å². The Morgan fingerprint density at radius 1 is 1.33 bits per heavy atom. The van der Waals surface area contributed by atoms with Gasteiger partial charge in [-0.2, -0.15) is 4.52 Å². The van der Waals surface area contributed by atoms with Gasteiger partial charge in [-0.15, -0.1) is 5.10 Å². The predicted octanol–water partition coefficient (Wildman–Crippen LogP) is 0.951. The molecule has 0 amide bonds. The molecule has 0 saturated carbocycles. The van der Waals surface area contributed by atoms with Gasteiger partial charge in [0.2, 0.25) is 0 Å². The van der Waals surface area contributed by atoms with Crippen molar-refractivity contribution in [2.45, 2.75) is 24.5 Å². The number of rotatable bonds is 1. The molecule has 2 N–H and O–H groups in total. The number of hydrogen-bond acceptors (Lipinski definition) is 5. The van der Waals surface area contributed by atoms with Crippen molar-refractivity contribution in [1.82, 2.24) is 14.6 Å². The smallest absolute Gasteiger partial charge is 0.169 e. The zero-order valence-corrected chi connectivity index (χ0v) is 10.6. The Balaban J connectivity index is 2.12. The molecule has 0 bridgehead atoms. The molecule has 3 heterocycles. The molecule has 2 aromatic rings. The van der Waals surface area contributed by atoms with Crippen LogP contribution in [0.15, 0.2) is 18.2 Å². The van der Waals surface area contributed by atoms with Crippen LogP contribution in [0.4, 0.5) is 5.82 Å². The van der Waals surface area contributed by atoms with E-state index in [0.717, 1.165) is 12.8 Å². The van der Waals surface area contributed by atoms with E-state index in [-0.39, 0.29) is 5.75 Å². The number of nitrogens with two attached hydrogens (primary N) is 1. The quantitative estimate of drug-likeness (QED) is 0.830. The van der Waals surface area contributed by atoms with Crippen LogP contribution < -0.4 is 5.73 Å². The minimum absolute atomic E-state index is 0.225. The Kier molecular flexibility index (Phi) is 2.51. The van der Waals surface area contributed by atoms with E-state index in [4.69, 9.17) is 5.73 Å². The van der Waals surface area contributed by atoms with E-state index >= 15 is 0 Å². The summed E-state index contributed by atoms with van der Waals surface area (Å²) in [6.07, 6.45) is 2.22. The molecule has 0 spiro atoms. The van der Waals surface area contributed by atoms with Crippen molar-refractivity contribution in [3.05, 3.63) is 24.0 Å². The molecule has 18 heavy (non-hydrogen) atoms. The van der Waals surface area contributed by atoms with Crippen molar-refractivity contribution in [3.8, 4) is 0 Å². The van der Waals surface area contributed by atoms with E-state index < -0.39 is 15.1 Å². The molecule has 1 atom stereocenters. The average molecular weight is 266 g/mol. The molecule has 3 rings (SSSR count). The molecule has 0 radical (unpaired) electrons. The SMILES string of the molecule is Nc1cccc2nc(C3CCCCS3(=O)=O)nn12. The first-order chi connectivity index (χ1) is 8.58. The van der Waals surface area contributed by atoms with Crippen LogP contribution in [0, 0.1) is 0 Å². The molecule has 1 saturated heterocycles. The maximum absolute atomic E-state index is 12.0. The lowest BCUT2D eigenvalue weighted by Crippen LogP contribution is -2.22. The van der Waals surface area contributed by atoms with Crippen molar-refractivity contribution in [1.29, 1.82) is 0 Å². The van der Waals surface area contributed by atoms with E-state index in [0.29, 0.717) is 23.7 Å². The van der Waals surface area contributed by atoms with Gasteiger partial charge >= 0.3 is 0 Å². The fourth-order valence-corrected chi connectivity index (χ4v) is 4.16. The van der Waals surface area contributed by atoms with Gasteiger partial charge in [0.1, 0.15) is 11.1 Å². The molecule has 7 heteroatoms. The third-order valence-corrected chi connectivity index (χ3v) is 5.44. The highest BCUT2D eigenvalue weighted by Gasteiger charge is 2.33. The fraction of sp³-hybridized carbons (Fsp3) is 0.455. The van der Waals surface area contributed by atoms with Crippen LogP contribution >= 0.6 is 0 Å². The fourth-order valence-electron chi connectivity index (χ4n) is 2.32. The summed E-state index contributed by atoms with van der Waals surface area (Å²) >= 11 is 0. The highest BCUT2D eigenvalue weighted by Crippen LogP contribution is 2.31. The number of aromatic nitrogens is 3. The first-order valence-electron chi connectivity index (χ1n) is 5.91. The van der Waals surface area contributed by atoms with Crippen LogP contribution in [0.1, 0.15) is 30.3 Å². The molecule has 6 nitrogen and oxygen atoms in total. The number of fused-ring (bicyclic) bond motifs is 1. The summed E-state index contributed by atoms with van der Waals surface area (Å²) in [5.74, 6) is 1.05. The molecule has 1 fully saturated rings. The molecular weight excluding hydrogens is 252 g/mol. The molecule has 1 aliphatic rings. The predicted molar refractivity (Wildman–Crippen MR) is 67.8 cm³/mol. The number of sulfone groups is 1. The summed E-state index contributed by atoms with van der Waals surface area (Å²) in [5, 5.41) is 3.65. The minimum atomic E-state index is -3.12. The number of nitrogens with zero attached hydrogens (tertiary/aromatic N) is 3. The van der Waals surface area contributed by atoms with E-state index in [1.807, 2.05) is 0 Å². The van der Waals surface area contributed by atoms with Crippen LogP contribution in [0.25, 0.3) is 5.65 Å². The van der Waals surface area contributed by atoms with Gasteiger partial charge in [-0.1, -0.05) is 12.5 Å². The summed E-state index contributed by atoms with van der Waals surface area (Å²) < 4.78 is 25.5. The summed E-state index contributed by atoms with van der Waals surface area (Å²) in [4.78, 5) is 4.29. The van der Waals surface area contributed by atoms with Crippen molar-refractivity contribution in [3.63, 3.8) is 0 Å². The second kappa shape index (κ2) is 3.94. The summed E-state index contributed by atoms with van der Waals surface area (Å²) in [7, 11) is -3.12. The van der Waals surface area contributed by atoms with Crippen LogP contribution in [0.3, 0.4) is 0 Å². The number of pyridine rings is 1. The van der Waals surface area contributed by atoms with Crippen molar-refractivity contribution in [2.24, 2.45) is 0 Å². The monoisotopic (exact) mass is 266 g/mol. The first kappa shape index (κ1) is 11.5. The third kappa shape index (κ3) is 1.74. The lowest BCUT2D eigenvalue weighted by molar-refractivity contribution is 0.538. The average Bonchev–Trinajstić information content (AvgIpc) is 2.73. The Hall–Kier alpha value is -1.63. The molecule has 0 aliphatic carbocycles. The lowest BCUT2D eigenvalue weighted by Gasteiger charge is -2.19. The van der Waals surface area contributed by atoms with Gasteiger partial charge in [-0.25, -0.2) is 13.4 Å². The van der Waals surface area contributed by atoms with Crippen molar-refractivity contribution in [2.75, 3.05) is 11.5 Å². The zero-order valence-electron chi connectivity index (χ0n) is 9.78. The molecule has 0 aromatic carbocycles. The van der Waals surface area contributed by atoms with Crippen LogP contribution in [-0.4, -0.2) is 28.8 Å². The van der Waals surface area contributed by atoms with E-state index in [1.165, 1.54) is 4.52 Å². The van der Waals surface area contributed by atoms with Gasteiger partial charge in [0.25, 0.3) is 0 Å². The van der Waals surface area contributed by atoms with Gasteiger partial charge < -0.3 is 5.73 Å². The molecule has 1 aliphatic heterocycles. The maximum atomic E-state index is 12.0. The summed E-state index contributed by atoms with van der Waals surface area (Å²) in [6, 6.07) is 5.25. The van der Waals surface area contributed by atoms with Gasteiger partial charge in [-0.05, 0) is 25.0 Å². The second-order valence-corrected chi connectivity index (χ2v) is 6.85. The standard InChI is InChI=1S/C11H14N4O2S/c12-9-5-3-6-10-13-11(14-15(9)10)8-4-1-2-7-18(8,16)17/h3,5-6,8H,1-2,4,7,12H2. The first-order valence-corrected chi connectivity index (χ1v) is 7.62. The van der Waals surface area contributed by atoms with Crippen molar-refractivity contribution < 1.29 is 8.42 Å². The van der Waals surface area contributed by atoms with E-state index in [1.54, 1.807) is 18.2 Å². The molecule has 2 aromatic heterocycles. The molecular formula is C11H14N4O2S. The normalized spacial score (nSPS) is 23.2. The van der Waals surface area contributed by atoms with Crippen molar-refractivity contribution >= 4 is 21.3 Å². The number of hydrogen-bond donors (Lipinski definition) is 1. The Morgan fingerprint density at radius 2 is 2.17 bits per heavy atom. The molecule has 1 unspecified atom stereocenters. The number of anilines is 1. The highest BCUT2D eigenvalue weighted by atomic mass is 32.2. The Bertz CT molecular complexity index is 692. The Labute approximate surface area is 105 Å². The third-order valence-electron chi connectivity index (χ3n) is 3.27. The van der Waals surface area contributed by atoms with Gasteiger partial charge in [0.05, 0.1) is 5.75 Å². The highest BCUT2D eigenvalue weighted by molar-refractivity contribution is 7.91. The van der Waals surface area contributed by atoms with Gasteiger partial charge in [0.15, 0.2) is 21.3 Å². The van der Waals surface area contributed by atoms with E-state index in [9.17, 15) is 8.42 Å². The van der Waals surface area contributed by atoms with Gasteiger partial charge in [-0.3, -0.25) is 0 Å².